The zero-order valence-corrected chi connectivity index (χ0v) is 14.0. The maximum absolute atomic E-state index is 12.2. The van der Waals surface area contributed by atoms with E-state index in [4.69, 9.17) is 0 Å². The molecular weight excluding hydrogens is 310 g/mol. The molecule has 1 atom stereocenters. The Labute approximate surface area is 140 Å². The lowest BCUT2D eigenvalue weighted by Gasteiger charge is -2.30. The van der Waals surface area contributed by atoms with Crippen LogP contribution < -0.4 is 5.32 Å². The van der Waals surface area contributed by atoms with Crippen LogP contribution in [0.4, 0.5) is 4.79 Å². The number of nitrogens with one attached hydrogen (secondary N) is 1. The van der Waals surface area contributed by atoms with Gasteiger partial charge in [-0.3, -0.25) is 0 Å². The topological polar surface area (TPSA) is 65.5 Å². The number of aliphatic hydroxyl groups is 1. The number of rotatable bonds is 3. The smallest absolute Gasteiger partial charge is 0.317 e. The number of likely N-dealkylation sites (tertiary alicyclic amines) is 1. The second kappa shape index (κ2) is 7.10. The molecule has 0 saturated carbocycles. The van der Waals surface area contributed by atoms with E-state index in [1.807, 2.05) is 37.3 Å². The summed E-state index contributed by atoms with van der Waals surface area (Å²) >= 11 is 1.61. The zero-order valence-electron chi connectivity index (χ0n) is 13.2. The van der Waals surface area contributed by atoms with E-state index in [2.05, 4.69) is 10.3 Å². The number of aryl methyl sites for hydroxylation is 1. The third-order valence-electron chi connectivity index (χ3n) is 4.00. The third-order valence-corrected chi connectivity index (χ3v) is 5.20. The Morgan fingerprint density at radius 3 is 2.96 bits per heavy atom. The highest BCUT2D eigenvalue weighted by Crippen LogP contribution is 2.27. The normalized spacial score (nSPS) is 18.0. The van der Waals surface area contributed by atoms with E-state index in [1.54, 1.807) is 16.2 Å². The summed E-state index contributed by atoms with van der Waals surface area (Å²) in [4.78, 5) is 19.5. The van der Waals surface area contributed by atoms with Gasteiger partial charge in [0.15, 0.2) is 0 Å². The number of amides is 2. The molecule has 2 N–H and O–H groups in total. The monoisotopic (exact) mass is 331 g/mol. The van der Waals surface area contributed by atoms with Gasteiger partial charge in [0.2, 0.25) is 0 Å². The number of carbonyl (C=O) groups is 1. The highest BCUT2D eigenvalue weighted by Gasteiger charge is 2.22. The molecule has 1 unspecified atom stereocenters. The molecule has 0 radical (unpaired) electrons. The minimum Gasteiger partial charge on any atom is -0.391 e. The van der Waals surface area contributed by atoms with Crippen LogP contribution in [0.25, 0.3) is 10.6 Å². The molecule has 122 valence electrons. The van der Waals surface area contributed by atoms with Gasteiger partial charge in [0, 0.05) is 23.5 Å². The van der Waals surface area contributed by atoms with Crippen LogP contribution in [-0.2, 0) is 6.54 Å². The largest absolute Gasteiger partial charge is 0.391 e. The van der Waals surface area contributed by atoms with E-state index in [9.17, 15) is 9.90 Å². The molecule has 1 aromatic carbocycles. The number of thiazole rings is 1. The average Bonchev–Trinajstić information content (AvgIpc) is 2.94. The number of aliphatic hydroxyl groups excluding tert-OH is 1. The second-order valence-electron chi connectivity index (χ2n) is 5.79. The van der Waals surface area contributed by atoms with Gasteiger partial charge in [0.25, 0.3) is 0 Å². The Balaban J connectivity index is 1.62. The predicted molar refractivity (Wildman–Crippen MR) is 91.3 cm³/mol. The van der Waals surface area contributed by atoms with E-state index in [0.29, 0.717) is 19.6 Å². The van der Waals surface area contributed by atoms with Crippen molar-refractivity contribution < 1.29 is 9.90 Å². The van der Waals surface area contributed by atoms with Gasteiger partial charge < -0.3 is 15.3 Å². The Morgan fingerprint density at radius 2 is 2.22 bits per heavy atom. The van der Waals surface area contributed by atoms with Crippen LogP contribution in [-0.4, -0.2) is 40.2 Å². The van der Waals surface area contributed by atoms with Crippen molar-refractivity contribution in [2.75, 3.05) is 13.1 Å². The summed E-state index contributed by atoms with van der Waals surface area (Å²) in [6.07, 6.45) is 1.23. The summed E-state index contributed by atoms with van der Waals surface area (Å²) in [7, 11) is 0. The Hall–Kier alpha value is -1.92. The lowest BCUT2D eigenvalue weighted by Crippen LogP contribution is -2.46. The SMILES string of the molecule is Cc1nc(-c2ccccc2)sc1CNC(=O)N1CCCC(O)C1. The van der Waals surface area contributed by atoms with Gasteiger partial charge in [-0.25, -0.2) is 9.78 Å². The van der Waals surface area contributed by atoms with Gasteiger partial charge in [0.1, 0.15) is 5.01 Å². The molecule has 2 amide bonds. The number of piperidine rings is 1. The van der Waals surface area contributed by atoms with E-state index >= 15 is 0 Å². The van der Waals surface area contributed by atoms with Crippen LogP contribution in [0.15, 0.2) is 30.3 Å². The number of benzene rings is 1. The fourth-order valence-electron chi connectivity index (χ4n) is 2.70. The van der Waals surface area contributed by atoms with E-state index in [1.165, 1.54) is 0 Å². The Morgan fingerprint density at radius 1 is 1.43 bits per heavy atom. The fraction of sp³-hybridized carbons (Fsp3) is 0.412. The van der Waals surface area contributed by atoms with Gasteiger partial charge in [-0.1, -0.05) is 30.3 Å². The maximum atomic E-state index is 12.2. The zero-order chi connectivity index (χ0) is 16.2. The lowest BCUT2D eigenvalue weighted by molar-refractivity contribution is 0.0842. The molecule has 2 heterocycles. The molecule has 3 rings (SSSR count). The van der Waals surface area contributed by atoms with Crippen LogP contribution in [0.5, 0.6) is 0 Å². The number of aromatic nitrogens is 1. The molecule has 0 spiro atoms. The Kier molecular flexibility index (Phi) is 4.93. The summed E-state index contributed by atoms with van der Waals surface area (Å²) in [6, 6.07) is 9.94. The molecular formula is C17H21N3O2S. The predicted octanol–water partition coefficient (Wildman–Crippen LogP) is 2.78. The first kappa shape index (κ1) is 16.0. The van der Waals surface area contributed by atoms with Crippen molar-refractivity contribution in [1.29, 1.82) is 0 Å². The van der Waals surface area contributed by atoms with Crippen molar-refractivity contribution in [1.82, 2.24) is 15.2 Å². The average molecular weight is 331 g/mol. The molecule has 23 heavy (non-hydrogen) atoms. The van der Waals surface area contributed by atoms with Crippen molar-refractivity contribution in [3.63, 3.8) is 0 Å². The minimum absolute atomic E-state index is 0.113. The van der Waals surface area contributed by atoms with Crippen LogP contribution in [0.1, 0.15) is 23.4 Å². The lowest BCUT2D eigenvalue weighted by atomic mass is 10.1. The molecule has 2 aromatic rings. The van der Waals surface area contributed by atoms with E-state index in [-0.39, 0.29) is 6.03 Å². The third kappa shape index (κ3) is 3.89. The highest BCUT2D eigenvalue weighted by molar-refractivity contribution is 7.15. The first-order chi connectivity index (χ1) is 11.1. The van der Waals surface area contributed by atoms with Crippen LogP contribution in [0, 0.1) is 6.92 Å². The molecule has 1 saturated heterocycles. The van der Waals surface area contributed by atoms with E-state index in [0.717, 1.165) is 34.0 Å². The first-order valence-electron chi connectivity index (χ1n) is 7.86. The quantitative estimate of drug-likeness (QED) is 0.909. The number of hydrogen-bond acceptors (Lipinski definition) is 4. The van der Waals surface area contributed by atoms with Gasteiger partial charge in [-0.15, -0.1) is 11.3 Å². The molecule has 1 fully saturated rings. The minimum atomic E-state index is -0.399. The fourth-order valence-corrected chi connectivity index (χ4v) is 3.71. The number of carbonyl (C=O) groups excluding carboxylic acids is 1. The molecule has 0 bridgehead atoms. The summed E-state index contributed by atoms with van der Waals surface area (Å²) in [5, 5.41) is 13.6. The van der Waals surface area contributed by atoms with Crippen molar-refractivity contribution >= 4 is 17.4 Å². The molecule has 1 aliphatic heterocycles. The maximum Gasteiger partial charge on any atom is 0.317 e. The van der Waals surface area contributed by atoms with Crippen LogP contribution >= 0.6 is 11.3 Å². The molecule has 6 heteroatoms. The van der Waals surface area contributed by atoms with Gasteiger partial charge >= 0.3 is 6.03 Å². The number of β-amino-alcohol motifs (C(OH)–C–C–N with tert-alkyl or cyclic N) is 1. The molecule has 5 nitrogen and oxygen atoms in total. The van der Waals surface area contributed by atoms with Crippen molar-refractivity contribution in [3.8, 4) is 10.6 Å². The number of nitrogens with zero attached hydrogens (tertiary/aromatic N) is 2. The van der Waals surface area contributed by atoms with Crippen molar-refractivity contribution in [3.05, 3.63) is 40.9 Å². The van der Waals surface area contributed by atoms with E-state index < -0.39 is 6.10 Å². The molecule has 1 aromatic heterocycles. The van der Waals surface area contributed by atoms with Gasteiger partial charge in [0.05, 0.1) is 18.3 Å². The van der Waals surface area contributed by atoms with Crippen LogP contribution in [0.3, 0.4) is 0 Å². The van der Waals surface area contributed by atoms with Crippen molar-refractivity contribution in [2.24, 2.45) is 0 Å². The highest BCUT2D eigenvalue weighted by atomic mass is 32.1. The second-order valence-corrected chi connectivity index (χ2v) is 6.88. The Bertz CT molecular complexity index is 672. The first-order valence-corrected chi connectivity index (χ1v) is 8.67. The summed E-state index contributed by atoms with van der Waals surface area (Å²) in [6.45, 7) is 3.57. The van der Waals surface area contributed by atoms with Crippen LogP contribution in [0.2, 0.25) is 0 Å². The summed E-state index contributed by atoms with van der Waals surface area (Å²) < 4.78 is 0. The van der Waals surface area contributed by atoms with Gasteiger partial charge in [-0.2, -0.15) is 0 Å². The molecule has 1 aliphatic rings. The number of hydrogen-bond donors (Lipinski definition) is 2. The summed E-state index contributed by atoms with van der Waals surface area (Å²) in [5.41, 5.74) is 2.05. The molecule has 0 aliphatic carbocycles. The summed E-state index contributed by atoms with van der Waals surface area (Å²) in [5.74, 6) is 0. The number of urea groups is 1. The van der Waals surface area contributed by atoms with Gasteiger partial charge in [-0.05, 0) is 19.8 Å². The standard InChI is InChI=1S/C17H21N3O2S/c1-12-15(23-16(19-12)13-6-3-2-4-7-13)10-18-17(22)20-9-5-8-14(21)11-20/h2-4,6-7,14,21H,5,8-11H2,1H3,(H,18,22). The van der Waals surface area contributed by atoms with Crippen molar-refractivity contribution in [2.45, 2.75) is 32.4 Å².